The summed E-state index contributed by atoms with van der Waals surface area (Å²) in [5, 5.41) is 15.6. The van der Waals surface area contributed by atoms with Crippen molar-refractivity contribution in [1.82, 2.24) is 20.2 Å². The molecule has 0 radical (unpaired) electrons. The van der Waals surface area contributed by atoms with Gasteiger partial charge in [-0.2, -0.15) is 4.68 Å². The van der Waals surface area contributed by atoms with Gasteiger partial charge in [0.2, 0.25) is 11.1 Å². The van der Waals surface area contributed by atoms with E-state index in [1.807, 2.05) is 38.1 Å². The van der Waals surface area contributed by atoms with E-state index in [1.165, 1.54) is 17.3 Å². The third-order valence-corrected chi connectivity index (χ3v) is 5.86. The summed E-state index contributed by atoms with van der Waals surface area (Å²) in [6.45, 7) is 7.99. The predicted octanol–water partition coefficient (Wildman–Crippen LogP) is 4.87. The van der Waals surface area contributed by atoms with Crippen molar-refractivity contribution in [2.75, 3.05) is 5.32 Å². The Hall–Kier alpha value is -2.38. The number of benzene rings is 2. The molecule has 1 atom stereocenters. The summed E-state index contributed by atoms with van der Waals surface area (Å²) in [4.78, 5) is 12.6. The Labute approximate surface area is 173 Å². The zero-order valence-electron chi connectivity index (χ0n) is 16.2. The number of carbonyl (C=O) groups is 1. The molecule has 0 aliphatic rings. The van der Waals surface area contributed by atoms with Crippen molar-refractivity contribution in [2.45, 2.75) is 44.0 Å². The predicted molar refractivity (Wildman–Crippen MR) is 113 cm³/mol. The van der Waals surface area contributed by atoms with Crippen molar-refractivity contribution >= 4 is 35.0 Å². The average molecular weight is 416 g/mol. The van der Waals surface area contributed by atoms with Crippen LogP contribution in [0.5, 0.6) is 0 Å². The lowest BCUT2D eigenvalue weighted by Gasteiger charge is -2.14. The Kier molecular flexibility index (Phi) is 6.36. The number of hydrogen-bond donors (Lipinski definition) is 1. The highest BCUT2D eigenvalue weighted by molar-refractivity contribution is 8.00. The van der Waals surface area contributed by atoms with E-state index in [-0.39, 0.29) is 5.91 Å². The molecule has 0 saturated carbocycles. The first-order valence-corrected chi connectivity index (χ1v) is 10.2. The lowest BCUT2D eigenvalue weighted by atomic mass is 10.0. The van der Waals surface area contributed by atoms with Crippen LogP contribution in [0.25, 0.3) is 5.69 Å². The van der Waals surface area contributed by atoms with Crippen LogP contribution in [0, 0.1) is 6.92 Å². The first-order chi connectivity index (χ1) is 13.4. The van der Waals surface area contributed by atoms with Gasteiger partial charge < -0.3 is 5.32 Å². The van der Waals surface area contributed by atoms with Gasteiger partial charge in [-0.15, -0.1) is 5.10 Å². The van der Waals surface area contributed by atoms with Crippen LogP contribution < -0.4 is 5.32 Å². The second-order valence-electron chi connectivity index (χ2n) is 6.78. The van der Waals surface area contributed by atoms with Gasteiger partial charge in [0.1, 0.15) is 0 Å². The van der Waals surface area contributed by atoms with Crippen LogP contribution in [0.3, 0.4) is 0 Å². The van der Waals surface area contributed by atoms with Gasteiger partial charge in [0.15, 0.2) is 0 Å². The smallest absolute Gasteiger partial charge is 0.237 e. The number of nitrogens with zero attached hydrogens (tertiary/aromatic N) is 4. The second-order valence-corrected chi connectivity index (χ2v) is 8.50. The molecule has 146 valence electrons. The van der Waals surface area contributed by atoms with E-state index in [4.69, 9.17) is 11.6 Å². The van der Waals surface area contributed by atoms with E-state index in [2.05, 4.69) is 46.8 Å². The molecule has 6 nitrogen and oxygen atoms in total. The Morgan fingerprint density at radius 1 is 1.14 bits per heavy atom. The first kappa shape index (κ1) is 20.4. The van der Waals surface area contributed by atoms with Crippen LogP contribution in [0.2, 0.25) is 5.02 Å². The fraction of sp³-hybridized carbons (Fsp3) is 0.300. The average Bonchev–Trinajstić information content (AvgIpc) is 3.13. The molecule has 1 amide bonds. The molecule has 1 N–H and O–H groups in total. The molecule has 0 aliphatic carbocycles. The Bertz CT molecular complexity index is 971. The Morgan fingerprint density at radius 3 is 2.54 bits per heavy atom. The molecule has 3 aromatic rings. The molecule has 0 unspecified atom stereocenters. The van der Waals surface area contributed by atoms with Crippen LogP contribution in [0.1, 0.15) is 37.8 Å². The number of thioether (sulfide) groups is 1. The summed E-state index contributed by atoms with van der Waals surface area (Å²) in [6.07, 6.45) is 0. The van der Waals surface area contributed by atoms with Gasteiger partial charge in [0, 0.05) is 10.7 Å². The number of rotatable bonds is 6. The molecule has 28 heavy (non-hydrogen) atoms. The number of anilines is 1. The highest BCUT2D eigenvalue weighted by Gasteiger charge is 2.20. The fourth-order valence-corrected chi connectivity index (χ4v) is 3.59. The van der Waals surface area contributed by atoms with Gasteiger partial charge in [0.05, 0.1) is 10.9 Å². The number of tetrazole rings is 1. The molecule has 1 heterocycles. The SMILES string of the molecule is Cc1c(Cl)cccc1NC(=O)[C@@H](C)Sc1nnnn1-c1ccc(C(C)C)cc1. The molecule has 0 bridgehead atoms. The van der Waals surface area contributed by atoms with E-state index in [0.717, 1.165) is 11.3 Å². The first-order valence-electron chi connectivity index (χ1n) is 8.98. The normalized spacial score (nSPS) is 12.2. The number of carbonyl (C=O) groups excluding carboxylic acids is 1. The highest BCUT2D eigenvalue weighted by atomic mass is 35.5. The van der Waals surface area contributed by atoms with Crippen LogP contribution >= 0.6 is 23.4 Å². The molecule has 8 heteroatoms. The minimum atomic E-state index is -0.391. The van der Waals surface area contributed by atoms with E-state index in [9.17, 15) is 4.79 Å². The third kappa shape index (κ3) is 4.54. The zero-order valence-corrected chi connectivity index (χ0v) is 17.8. The van der Waals surface area contributed by atoms with Gasteiger partial charge in [-0.05, 0) is 65.6 Å². The van der Waals surface area contributed by atoms with E-state index >= 15 is 0 Å². The molecule has 2 aromatic carbocycles. The molecule has 0 saturated heterocycles. The number of nitrogens with one attached hydrogen (secondary N) is 1. The molecule has 3 rings (SSSR count). The van der Waals surface area contributed by atoms with E-state index < -0.39 is 5.25 Å². The monoisotopic (exact) mass is 415 g/mol. The summed E-state index contributed by atoms with van der Waals surface area (Å²) in [5.41, 5.74) is 3.64. The molecule has 0 fully saturated rings. The van der Waals surface area contributed by atoms with Crippen LogP contribution in [-0.2, 0) is 4.79 Å². The van der Waals surface area contributed by atoms with Crippen LogP contribution in [0.4, 0.5) is 5.69 Å². The van der Waals surface area contributed by atoms with Crippen molar-refractivity contribution in [3.63, 3.8) is 0 Å². The topological polar surface area (TPSA) is 72.7 Å². The van der Waals surface area contributed by atoms with Gasteiger partial charge >= 0.3 is 0 Å². The van der Waals surface area contributed by atoms with Crippen LogP contribution in [0.15, 0.2) is 47.6 Å². The minimum Gasteiger partial charge on any atom is -0.325 e. The summed E-state index contributed by atoms with van der Waals surface area (Å²) < 4.78 is 1.64. The third-order valence-electron chi connectivity index (χ3n) is 4.42. The Morgan fingerprint density at radius 2 is 1.86 bits per heavy atom. The molecular formula is C20H22ClN5OS. The van der Waals surface area contributed by atoms with Crippen molar-refractivity contribution in [3.8, 4) is 5.69 Å². The van der Waals surface area contributed by atoms with Crippen LogP contribution in [-0.4, -0.2) is 31.4 Å². The standard InChI is InChI=1S/C20H22ClN5OS/c1-12(2)15-8-10-16(11-9-15)26-20(23-24-25-26)28-14(4)19(27)22-18-7-5-6-17(21)13(18)3/h5-12,14H,1-4H3,(H,22,27)/t14-/m1/s1. The maximum absolute atomic E-state index is 12.6. The lowest BCUT2D eigenvalue weighted by Crippen LogP contribution is -2.23. The van der Waals surface area contributed by atoms with Crippen molar-refractivity contribution in [1.29, 1.82) is 0 Å². The number of halogens is 1. The van der Waals surface area contributed by atoms with Gasteiger partial charge in [-0.25, -0.2) is 0 Å². The number of amides is 1. The lowest BCUT2D eigenvalue weighted by molar-refractivity contribution is -0.115. The zero-order chi connectivity index (χ0) is 20.3. The van der Waals surface area contributed by atoms with Gasteiger partial charge in [-0.3, -0.25) is 4.79 Å². The minimum absolute atomic E-state index is 0.139. The van der Waals surface area contributed by atoms with E-state index in [0.29, 0.717) is 21.8 Å². The molecule has 1 aromatic heterocycles. The summed E-state index contributed by atoms with van der Waals surface area (Å²) in [7, 11) is 0. The Balaban J connectivity index is 1.73. The van der Waals surface area contributed by atoms with Crippen molar-refractivity contribution in [2.24, 2.45) is 0 Å². The molecular weight excluding hydrogens is 394 g/mol. The summed E-state index contributed by atoms with van der Waals surface area (Å²) >= 11 is 7.43. The highest BCUT2D eigenvalue weighted by Crippen LogP contribution is 2.27. The quantitative estimate of drug-likeness (QED) is 0.581. The number of hydrogen-bond acceptors (Lipinski definition) is 5. The second kappa shape index (κ2) is 8.75. The molecule has 0 aliphatic heterocycles. The largest absolute Gasteiger partial charge is 0.325 e. The number of aromatic nitrogens is 4. The van der Waals surface area contributed by atoms with Crippen molar-refractivity contribution in [3.05, 3.63) is 58.6 Å². The maximum Gasteiger partial charge on any atom is 0.237 e. The van der Waals surface area contributed by atoms with Crippen molar-refractivity contribution < 1.29 is 4.79 Å². The van der Waals surface area contributed by atoms with Gasteiger partial charge in [-0.1, -0.05) is 55.4 Å². The summed E-state index contributed by atoms with van der Waals surface area (Å²) in [6, 6.07) is 13.5. The fourth-order valence-electron chi connectivity index (χ4n) is 2.60. The van der Waals surface area contributed by atoms with Gasteiger partial charge in [0.25, 0.3) is 0 Å². The summed E-state index contributed by atoms with van der Waals surface area (Å²) in [5.74, 6) is 0.315. The maximum atomic E-state index is 12.6. The molecule has 0 spiro atoms. The van der Waals surface area contributed by atoms with E-state index in [1.54, 1.807) is 10.7 Å².